The van der Waals surface area contributed by atoms with Gasteiger partial charge in [0.2, 0.25) is 0 Å². The van der Waals surface area contributed by atoms with Crippen molar-refractivity contribution in [3.63, 3.8) is 0 Å². The van der Waals surface area contributed by atoms with Crippen LogP contribution in [0.25, 0.3) is 22.0 Å². The van der Waals surface area contributed by atoms with Gasteiger partial charge in [-0.1, -0.05) is 6.07 Å². The molecular weight excluding hydrogens is 272 g/mol. The Morgan fingerprint density at radius 3 is 3.00 bits per heavy atom. The molecule has 0 radical (unpaired) electrons. The molecule has 0 amide bonds. The van der Waals surface area contributed by atoms with E-state index in [4.69, 9.17) is 0 Å². The molecule has 0 aliphatic carbocycles. The third-order valence-electron chi connectivity index (χ3n) is 5.08. The molecule has 2 aliphatic heterocycles. The molecule has 3 aromatic rings. The highest BCUT2D eigenvalue weighted by atomic mass is 15.3. The number of nitrogens with one attached hydrogen (secondary N) is 2. The number of rotatable bonds is 2. The second-order valence-corrected chi connectivity index (χ2v) is 6.35. The molecule has 0 bridgehead atoms. The molecule has 2 saturated heterocycles. The maximum atomic E-state index is 4.48. The van der Waals surface area contributed by atoms with Crippen LogP contribution >= 0.6 is 0 Å². The summed E-state index contributed by atoms with van der Waals surface area (Å²) in [5.74, 6) is 0.819. The Bertz CT molecular complexity index is 838. The number of pyridine rings is 1. The average molecular weight is 290 g/mol. The summed E-state index contributed by atoms with van der Waals surface area (Å²) in [6.07, 6.45) is 5.94. The zero-order valence-corrected chi connectivity index (χ0v) is 12.3. The molecule has 4 heteroatoms. The van der Waals surface area contributed by atoms with Crippen molar-refractivity contribution in [2.45, 2.75) is 6.04 Å². The number of fused-ring (bicyclic) bond motifs is 2. The molecule has 2 atom stereocenters. The SMILES string of the molecule is c1cc2cc(-c3cncc(N4C[C@H]5CNC[C@@H]54)c3)ccc2[nH]1. The summed E-state index contributed by atoms with van der Waals surface area (Å²) in [7, 11) is 0. The molecule has 1 aromatic carbocycles. The molecule has 4 nitrogen and oxygen atoms in total. The number of aromatic nitrogens is 2. The van der Waals surface area contributed by atoms with Crippen molar-refractivity contribution in [2.24, 2.45) is 5.92 Å². The third kappa shape index (κ3) is 1.77. The molecule has 4 heterocycles. The second kappa shape index (κ2) is 4.58. The Kier molecular flexibility index (Phi) is 2.55. The summed E-state index contributed by atoms with van der Waals surface area (Å²) in [6, 6.07) is 11.6. The Labute approximate surface area is 129 Å². The average Bonchev–Trinajstić information content (AvgIpc) is 3.14. The van der Waals surface area contributed by atoms with Gasteiger partial charge < -0.3 is 15.2 Å². The van der Waals surface area contributed by atoms with E-state index in [0.717, 1.165) is 19.0 Å². The molecule has 2 N–H and O–H groups in total. The third-order valence-corrected chi connectivity index (χ3v) is 5.08. The molecule has 110 valence electrons. The number of hydrogen-bond acceptors (Lipinski definition) is 3. The molecule has 5 rings (SSSR count). The minimum Gasteiger partial charge on any atom is -0.365 e. The van der Waals surface area contributed by atoms with Crippen LogP contribution in [0.2, 0.25) is 0 Å². The maximum Gasteiger partial charge on any atom is 0.0562 e. The molecule has 0 spiro atoms. The number of hydrogen-bond donors (Lipinski definition) is 2. The first-order valence-corrected chi connectivity index (χ1v) is 7.88. The van der Waals surface area contributed by atoms with Crippen LogP contribution in [0.15, 0.2) is 48.9 Å². The molecule has 2 fully saturated rings. The Balaban J connectivity index is 1.51. The van der Waals surface area contributed by atoms with Gasteiger partial charge in [0.05, 0.1) is 11.9 Å². The number of H-pyrrole nitrogens is 1. The molecule has 22 heavy (non-hydrogen) atoms. The predicted molar refractivity (Wildman–Crippen MR) is 89.0 cm³/mol. The van der Waals surface area contributed by atoms with Crippen LogP contribution in [0.4, 0.5) is 5.69 Å². The Hall–Kier alpha value is -2.33. The minimum atomic E-state index is 0.657. The van der Waals surface area contributed by atoms with Gasteiger partial charge in [-0.05, 0) is 35.2 Å². The van der Waals surface area contributed by atoms with Gasteiger partial charge in [0.1, 0.15) is 0 Å². The molecule has 0 unspecified atom stereocenters. The van der Waals surface area contributed by atoms with Crippen LogP contribution in [0.5, 0.6) is 0 Å². The van der Waals surface area contributed by atoms with Crippen molar-refractivity contribution in [1.82, 2.24) is 15.3 Å². The molecule has 2 aliphatic rings. The van der Waals surface area contributed by atoms with Gasteiger partial charge in [0.15, 0.2) is 0 Å². The van der Waals surface area contributed by atoms with Crippen molar-refractivity contribution in [2.75, 3.05) is 24.5 Å². The fourth-order valence-corrected chi connectivity index (χ4v) is 3.79. The highest BCUT2D eigenvalue weighted by molar-refractivity contribution is 5.85. The summed E-state index contributed by atoms with van der Waals surface area (Å²) < 4.78 is 0. The van der Waals surface area contributed by atoms with Crippen molar-refractivity contribution in [3.8, 4) is 11.1 Å². The zero-order chi connectivity index (χ0) is 14.5. The second-order valence-electron chi connectivity index (χ2n) is 6.35. The minimum absolute atomic E-state index is 0.657. The van der Waals surface area contributed by atoms with Crippen LogP contribution in [0, 0.1) is 5.92 Å². The summed E-state index contributed by atoms with van der Waals surface area (Å²) in [5, 5.41) is 4.72. The van der Waals surface area contributed by atoms with Crippen LogP contribution < -0.4 is 10.2 Å². The van der Waals surface area contributed by atoms with Crippen LogP contribution in [0.1, 0.15) is 0 Å². The van der Waals surface area contributed by atoms with Crippen LogP contribution in [-0.4, -0.2) is 35.6 Å². The largest absolute Gasteiger partial charge is 0.365 e. The lowest BCUT2D eigenvalue weighted by Crippen LogP contribution is -2.55. The summed E-state index contributed by atoms with van der Waals surface area (Å²) in [5.41, 5.74) is 4.84. The quantitative estimate of drug-likeness (QED) is 0.762. The first-order chi connectivity index (χ1) is 10.9. The van der Waals surface area contributed by atoms with E-state index in [1.807, 2.05) is 18.6 Å². The van der Waals surface area contributed by atoms with E-state index in [9.17, 15) is 0 Å². The van der Waals surface area contributed by atoms with Crippen LogP contribution in [-0.2, 0) is 0 Å². The van der Waals surface area contributed by atoms with E-state index in [0.29, 0.717) is 6.04 Å². The van der Waals surface area contributed by atoms with Gasteiger partial charge in [0, 0.05) is 55.1 Å². The zero-order valence-electron chi connectivity index (χ0n) is 12.3. The van der Waals surface area contributed by atoms with E-state index in [1.54, 1.807) is 0 Å². The van der Waals surface area contributed by atoms with Gasteiger partial charge in [-0.3, -0.25) is 4.98 Å². The Morgan fingerprint density at radius 2 is 2.05 bits per heavy atom. The first kappa shape index (κ1) is 12.2. The number of benzene rings is 1. The number of nitrogens with zero attached hydrogens (tertiary/aromatic N) is 2. The van der Waals surface area contributed by atoms with Gasteiger partial charge in [-0.15, -0.1) is 0 Å². The normalized spacial score (nSPS) is 23.5. The lowest BCUT2D eigenvalue weighted by molar-refractivity contribution is 0.365. The maximum absolute atomic E-state index is 4.48. The van der Waals surface area contributed by atoms with E-state index in [2.05, 4.69) is 50.5 Å². The smallest absolute Gasteiger partial charge is 0.0562 e. The molecule has 2 aromatic heterocycles. The summed E-state index contributed by atoms with van der Waals surface area (Å²) in [6.45, 7) is 3.42. The monoisotopic (exact) mass is 290 g/mol. The van der Waals surface area contributed by atoms with Crippen LogP contribution in [0.3, 0.4) is 0 Å². The number of anilines is 1. The summed E-state index contributed by atoms with van der Waals surface area (Å²) in [4.78, 5) is 10.2. The van der Waals surface area contributed by atoms with E-state index in [1.165, 1.54) is 34.3 Å². The summed E-state index contributed by atoms with van der Waals surface area (Å²) >= 11 is 0. The van der Waals surface area contributed by atoms with Crippen molar-refractivity contribution >= 4 is 16.6 Å². The van der Waals surface area contributed by atoms with Crippen molar-refractivity contribution in [1.29, 1.82) is 0 Å². The van der Waals surface area contributed by atoms with Crippen molar-refractivity contribution in [3.05, 3.63) is 48.9 Å². The lowest BCUT2D eigenvalue weighted by Gasteiger charge is -2.45. The standard InChI is InChI=1S/C18H18N4/c1-2-17-13(3-4-21-17)5-12(1)14-6-16(9-19-7-14)22-11-15-8-20-10-18(15)22/h1-7,9,15,18,20-21H,8,10-11H2/t15-,18+/m1/s1. The van der Waals surface area contributed by atoms with E-state index >= 15 is 0 Å². The highest BCUT2D eigenvalue weighted by Crippen LogP contribution is 2.35. The fourth-order valence-electron chi connectivity index (χ4n) is 3.79. The lowest BCUT2D eigenvalue weighted by atomic mass is 9.91. The molecule has 0 saturated carbocycles. The molecular formula is C18H18N4. The first-order valence-electron chi connectivity index (χ1n) is 7.88. The van der Waals surface area contributed by atoms with Crippen molar-refractivity contribution < 1.29 is 0 Å². The fraction of sp³-hybridized carbons (Fsp3) is 0.278. The Morgan fingerprint density at radius 1 is 1.05 bits per heavy atom. The highest BCUT2D eigenvalue weighted by Gasteiger charge is 2.42. The van der Waals surface area contributed by atoms with Gasteiger partial charge in [0.25, 0.3) is 0 Å². The predicted octanol–water partition coefficient (Wildman–Crippen LogP) is 2.64. The van der Waals surface area contributed by atoms with Gasteiger partial charge in [-0.2, -0.15) is 0 Å². The van der Waals surface area contributed by atoms with E-state index in [-0.39, 0.29) is 0 Å². The van der Waals surface area contributed by atoms with Gasteiger partial charge >= 0.3 is 0 Å². The number of aromatic amines is 1. The van der Waals surface area contributed by atoms with E-state index < -0.39 is 0 Å². The topological polar surface area (TPSA) is 44.0 Å². The van der Waals surface area contributed by atoms with Gasteiger partial charge in [-0.25, -0.2) is 0 Å².